The molecule has 0 aliphatic carbocycles. The average molecular weight is 302 g/mol. The van der Waals surface area contributed by atoms with Crippen LogP contribution in [0.25, 0.3) is 0 Å². The van der Waals surface area contributed by atoms with Crippen molar-refractivity contribution in [1.29, 1.82) is 0 Å². The van der Waals surface area contributed by atoms with Crippen molar-refractivity contribution in [2.24, 2.45) is 0 Å². The summed E-state index contributed by atoms with van der Waals surface area (Å²) in [5.41, 5.74) is 5.34. The number of nitrogens with one attached hydrogen (secondary N) is 1. The van der Waals surface area contributed by atoms with Crippen LogP contribution in [0.3, 0.4) is 0 Å². The van der Waals surface area contributed by atoms with Crippen LogP contribution in [0.4, 0.5) is 10.1 Å². The van der Waals surface area contributed by atoms with Crippen molar-refractivity contribution in [3.8, 4) is 0 Å². The van der Waals surface area contributed by atoms with Crippen molar-refractivity contribution in [2.75, 3.05) is 12.3 Å². The molecule has 0 amide bonds. The van der Waals surface area contributed by atoms with Crippen molar-refractivity contribution < 1.29 is 17.5 Å². The summed E-state index contributed by atoms with van der Waals surface area (Å²) in [5.74, 6) is -0.807. The summed E-state index contributed by atoms with van der Waals surface area (Å²) in [7, 11) is -3.92. The molecule has 1 saturated heterocycles. The van der Waals surface area contributed by atoms with Gasteiger partial charge in [0.25, 0.3) is 0 Å². The van der Waals surface area contributed by atoms with Gasteiger partial charge in [-0.25, -0.2) is 17.5 Å². The van der Waals surface area contributed by atoms with Crippen LogP contribution in [0.15, 0.2) is 23.1 Å². The number of nitrogens with two attached hydrogens (primary N) is 1. The van der Waals surface area contributed by atoms with E-state index in [0.717, 1.165) is 12.1 Å². The summed E-state index contributed by atoms with van der Waals surface area (Å²) in [5, 5.41) is 0. The highest BCUT2D eigenvalue weighted by molar-refractivity contribution is 7.89. The van der Waals surface area contributed by atoms with Crippen molar-refractivity contribution in [2.45, 2.75) is 43.2 Å². The van der Waals surface area contributed by atoms with E-state index in [9.17, 15) is 12.8 Å². The summed E-state index contributed by atoms with van der Waals surface area (Å²) >= 11 is 0. The topological polar surface area (TPSA) is 81.4 Å². The zero-order chi connectivity index (χ0) is 15.0. The van der Waals surface area contributed by atoms with Crippen LogP contribution in [-0.4, -0.2) is 26.7 Å². The molecule has 0 bridgehead atoms. The van der Waals surface area contributed by atoms with Crippen LogP contribution in [0, 0.1) is 5.82 Å². The highest BCUT2D eigenvalue weighted by Crippen LogP contribution is 2.26. The van der Waals surface area contributed by atoms with E-state index in [1.807, 2.05) is 13.8 Å². The van der Waals surface area contributed by atoms with Gasteiger partial charge >= 0.3 is 0 Å². The first-order chi connectivity index (χ1) is 9.20. The zero-order valence-corrected chi connectivity index (χ0v) is 12.3. The molecule has 20 heavy (non-hydrogen) atoms. The number of hydrogen-bond acceptors (Lipinski definition) is 4. The van der Waals surface area contributed by atoms with Gasteiger partial charge in [0, 0.05) is 18.3 Å². The van der Waals surface area contributed by atoms with Crippen molar-refractivity contribution >= 4 is 15.7 Å². The van der Waals surface area contributed by atoms with E-state index in [1.165, 1.54) is 6.07 Å². The Balaban J connectivity index is 2.21. The molecule has 1 atom stereocenters. The van der Waals surface area contributed by atoms with E-state index in [0.29, 0.717) is 19.4 Å². The van der Waals surface area contributed by atoms with E-state index in [4.69, 9.17) is 10.5 Å². The predicted molar refractivity (Wildman–Crippen MR) is 74.2 cm³/mol. The summed E-state index contributed by atoms with van der Waals surface area (Å²) < 4.78 is 46.2. The number of halogens is 1. The molecule has 1 heterocycles. The van der Waals surface area contributed by atoms with E-state index in [1.54, 1.807) is 0 Å². The molecule has 7 heteroatoms. The first-order valence-electron chi connectivity index (χ1n) is 6.41. The van der Waals surface area contributed by atoms with Gasteiger partial charge < -0.3 is 10.5 Å². The van der Waals surface area contributed by atoms with E-state index < -0.39 is 20.7 Å². The Morgan fingerprint density at radius 2 is 2.15 bits per heavy atom. The third kappa shape index (κ3) is 3.47. The van der Waals surface area contributed by atoms with Gasteiger partial charge in [-0.15, -0.1) is 0 Å². The lowest BCUT2D eigenvalue weighted by molar-refractivity contribution is -0.0599. The molecule has 1 aliphatic heterocycles. The van der Waals surface area contributed by atoms with E-state index >= 15 is 0 Å². The third-order valence-electron chi connectivity index (χ3n) is 3.26. The average Bonchev–Trinajstić information content (AvgIpc) is 2.30. The second-order valence-corrected chi connectivity index (χ2v) is 7.29. The number of ether oxygens (including phenoxy) is 1. The molecule has 0 radical (unpaired) electrons. The van der Waals surface area contributed by atoms with E-state index in [2.05, 4.69) is 4.72 Å². The first kappa shape index (κ1) is 15.2. The van der Waals surface area contributed by atoms with Crippen LogP contribution in [-0.2, 0) is 14.8 Å². The molecule has 0 aromatic heterocycles. The molecular weight excluding hydrogens is 283 g/mol. The molecule has 2 rings (SSSR count). The molecule has 1 unspecified atom stereocenters. The lowest BCUT2D eigenvalue weighted by Crippen LogP contribution is -2.45. The molecule has 0 saturated carbocycles. The molecule has 1 aromatic carbocycles. The smallest absolute Gasteiger partial charge is 0.243 e. The number of rotatable bonds is 3. The minimum Gasteiger partial charge on any atom is -0.399 e. The lowest BCUT2D eigenvalue weighted by Gasteiger charge is -2.35. The largest absolute Gasteiger partial charge is 0.399 e. The van der Waals surface area contributed by atoms with Crippen molar-refractivity contribution in [3.05, 3.63) is 24.0 Å². The Morgan fingerprint density at radius 3 is 2.80 bits per heavy atom. The van der Waals surface area contributed by atoms with Crippen LogP contribution in [0.2, 0.25) is 0 Å². The van der Waals surface area contributed by atoms with Gasteiger partial charge in [0.1, 0.15) is 10.7 Å². The molecule has 0 spiro atoms. The summed E-state index contributed by atoms with van der Waals surface area (Å²) in [6.07, 6.45) is 1.10. The molecule has 5 nitrogen and oxygen atoms in total. The maximum atomic E-state index is 13.7. The van der Waals surface area contributed by atoms with Crippen LogP contribution in [0.5, 0.6) is 0 Å². The van der Waals surface area contributed by atoms with Crippen molar-refractivity contribution in [3.63, 3.8) is 0 Å². The molecule has 1 aromatic rings. The van der Waals surface area contributed by atoms with Crippen molar-refractivity contribution in [1.82, 2.24) is 4.72 Å². The minimum atomic E-state index is -3.92. The highest BCUT2D eigenvalue weighted by atomic mass is 32.2. The Labute approximate surface area is 118 Å². The van der Waals surface area contributed by atoms with Gasteiger partial charge in [0.2, 0.25) is 10.0 Å². The van der Waals surface area contributed by atoms with Crippen LogP contribution in [0.1, 0.15) is 26.7 Å². The van der Waals surface area contributed by atoms with Gasteiger partial charge in [-0.3, -0.25) is 0 Å². The Bertz CT molecular complexity index is 602. The fourth-order valence-corrected chi connectivity index (χ4v) is 3.72. The number of sulfonamides is 1. The summed E-state index contributed by atoms with van der Waals surface area (Å²) in [4.78, 5) is -0.415. The molecular formula is C13H19FN2O3S. The van der Waals surface area contributed by atoms with E-state index in [-0.39, 0.29) is 17.3 Å². The Hall–Kier alpha value is -1.18. The van der Waals surface area contributed by atoms with Gasteiger partial charge in [-0.05, 0) is 44.9 Å². The zero-order valence-electron chi connectivity index (χ0n) is 11.5. The predicted octanol–water partition coefficient (Wildman–Crippen LogP) is 1.64. The number of anilines is 1. The minimum absolute atomic E-state index is 0.207. The van der Waals surface area contributed by atoms with Gasteiger partial charge in [-0.1, -0.05) is 0 Å². The summed E-state index contributed by atoms with van der Waals surface area (Å²) in [6.45, 7) is 4.27. The molecule has 3 N–H and O–H groups in total. The first-order valence-corrected chi connectivity index (χ1v) is 7.89. The fraction of sp³-hybridized carbons (Fsp3) is 0.538. The monoisotopic (exact) mass is 302 g/mol. The Kier molecular flexibility index (Phi) is 4.04. The standard InChI is InChI=1S/C13H19FN2O3S/c1-13(2)8-10(5-6-19-13)16-20(17,18)12-7-9(15)3-4-11(12)14/h3-4,7,10,16H,5-6,8,15H2,1-2H3. The summed E-state index contributed by atoms with van der Waals surface area (Å²) in [6, 6.07) is 3.23. The molecule has 1 aliphatic rings. The second kappa shape index (κ2) is 5.31. The SMILES string of the molecule is CC1(C)CC(NS(=O)(=O)c2cc(N)ccc2F)CCO1. The second-order valence-electron chi connectivity index (χ2n) is 5.61. The van der Waals surface area contributed by atoms with Gasteiger partial charge in [0.15, 0.2) is 0 Å². The number of hydrogen-bond donors (Lipinski definition) is 2. The lowest BCUT2D eigenvalue weighted by atomic mass is 9.95. The van der Waals surface area contributed by atoms with Crippen LogP contribution < -0.4 is 10.5 Å². The Morgan fingerprint density at radius 1 is 1.45 bits per heavy atom. The van der Waals surface area contributed by atoms with Gasteiger partial charge in [0.05, 0.1) is 5.60 Å². The maximum Gasteiger partial charge on any atom is 0.243 e. The third-order valence-corrected chi connectivity index (χ3v) is 4.80. The quantitative estimate of drug-likeness (QED) is 0.832. The molecule has 112 valence electrons. The molecule has 1 fully saturated rings. The normalized spacial score (nSPS) is 22.6. The maximum absolute atomic E-state index is 13.7. The number of nitrogen functional groups attached to an aromatic ring is 1. The highest BCUT2D eigenvalue weighted by Gasteiger charge is 2.32. The van der Waals surface area contributed by atoms with Crippen LogP contribution >= 0.6 is 0 Å². The number of benzene rings is 1. The van der Waals surface area contributed by atoms with Gasteiger partial charge in [-0.2, -0.15) is 0 Å². The fourth-order valence-electron chi connectivity index (χ4n) is 2.34.